The van der Waals surface area contributed by atoms with E-state index in [1.165, 1.54) is 0 Å². The first-order valence-corrected chi connectivity index (χ1v) is 8.03. The van der Waals surface area contributed by atoms with Crippen LogP contribution in [0.5, 0.6) is 0 Å². The summed E-state index contributed by atoms with van der Waals surface area (Å²) in [7, 11) is 0. The van der Waals surface area contributed by atoms with E-state index in [-0.39, 0.29) is 5.56 Å². The van der Waals surface area contributed by atoms with Crippen molar-refractivity contribution < 1.29 is 0 Å². The summed E-state index contributed by atoms with van der Waals surface area (Å²) in [5.74, 6) is 0. The minimum Gasteiger partial charge on any atom is -0.362 e. The number of unbranched alkanes of at least 4 members (excludes halogenated alkanes) is 1. The lowest BCUT2D eigenvalue weighted by atomic mass is 10.2. The molecule has 2 rings (SSSR count). The van der Waals surface area contributed by atoms with E-state index in [1.54, 1.807) is 15.9 Å². The van der Waals surface area contributed by atoms with Crippen LogP contribution in [0, 0.1) is 0 Å². The summed E-state index contributed by atoms with van der Waals surface area (Å²) in [6.07, 6.45) is 5.07. The molecule has 0 aliphatic rings. The number of pyridine rings is 1. The number of aromatic nitrogens is 2. The highest BCUT2D eigenvalue weighted by atomic mass is 32.1. The van der Waals surface area contributed by atoms with Crippen LogP contribution in [0.4, 0.5) is 5.13 Å². The Kier molecular flexibility index (Phi) is 5.35. The third kappa shape index (κ3) is 3.48. The Labute approximate surface area is 123 Å². The molecule has 0 fully saturated rings. The van der Waals surface area contributed by atoms with Crippen molar-refractivity contribution in [1.82, 2.24) is 9.55 Å². The van der Waals surface area contributed by atoms with Gasteiger partial charge in [-0.25, -0.2) is 4.98 Å². The number of rotatable bonds is 7. The lowest BCUT2D eigenvalue weighted by Gasteiger charge is -2.05. The van der Waals surface area contributed by atoms with Crippen LogP contribution in [0.25, 0.3) is 11.3 Å². The van der Waals surface area contributed by atoms with Crippen molar-refractivity contribution in [1.29, 1.82) is 0 Å². The third-order valence-electron chi connectivity index (χ3n) is 3.07. The van der Waals surface area contributed by atoms with Crippen LogP contribution >= 0.6 is 11.3 Å². The quantitative estimate of drug-likeness (QED) is 0.793. The highest BCUT2D eigenvalue weighted by Crippen LogP contribution is 2.22. The largest absolute Gasteiger partial charge is 0.362 e. The highest BCUT2D eigenvalue weighted by Gasteiger charge is 2.09. The number of nitrogens with zero attached hydrogens (tertiary/aromatic N) is 2. The lowest BCUT2D eigenvalue weighted by molar-refractivity contribution is 0.655. The number of aryl methyl sites for hydroxylation is 1. The summed E-state index contributed by atoms with van der Waals surface area (Å²) in [4.78, 5) is 16.8. The molecule has 0 unspecified atom stereocenters. The first-order chi connectivity index (χ1) is 9.76. The molecule has 5 heteroatoms. The van der Waals surface area contributed by atoms with Crippen molar-refractivity contribution in [3.05, 3.63) is 34.1 Å². The van der Waals surface area contributed by atoms with Crippen molar-refractivity contribution in [2.45, 2.75) is 39.7 Å². The number of hydrogen-bond donors (Lipinski definition) is 1. The maximum atomic E-state index is 12.3. The van der Waals surface area contributed by atoms with Crippen LogP contribution < -0.4 is 10.9 Å². The predicted octanol–water partition coefficient (Wildman–Crippen LogP) is 3.59. The van der Waals surface area contributed by atoms with Crippen molar-refractivity contribution in [2.24, 2.45) is 0 Å². The van der Waals surface area contributed by atoms with E-state index in [0.29, 0.717) is 5.56 Å². The molecule has 0 radical (unpaired) electrons. The van der Waals surface area contributed by atoms with Crippen molar-refractivity contribution in [3.63, 3.8) is 0 Å². The van der Waals surface area contributed by atoms with Gasteiger partial charge < -0.3 is 9.88 Å². The summed E-state index contributed by atoms with van der Waals surface area (Å²) in [5, 5.41) is 6.13. The molecule has 4 nitrogen and oxygen atoms in total. The maximum Gasteiger partial charge on any atom is 0.260 e. The SMILES string of the molecule is CCCCNc1nc(-c2cccn(CCC)c2=O)cs1. The lowest BCUT2D eigenvalue weighted by Crippen LogP contribution is -2.20. The van der Waals surface area contributed by atoms with Crippen molar-refractivity contribution in [3.8, 4) is 11.3 Å². The molecule has 20 heavy (non-hydrogen) atoms. The monoisotopic (exact) mass is 291 g/mol. The molecule has 0 aromatic carbocycles. The summed E-state index contributed by atoms with van der Waals surface area (Å²) in [6.45, 7) is 5.91. The zero-order valence-corrected chi connectivity index (χ0v) is 12.9. The van der Waals surface area contributed by atoms with Gasteiger partial charge in [-0.05, 0) is 25.0 Å². The molecular weight excluding hydrogens is 270 g/mol. The fourth-order valence-corrected chi connectivity index (χ4v) is 2.74. The Hall–Kier alpha value is -1.62. The Morgan fingerprint density at radius 3 is 2.95 bits per heavy atom. The Balaban J connectivity index is 2.19. The van der Waals surface area contributed by atoms with E-state index >= 15 is 0 Å². The first kappa shape index (κ1) is 14.8. The zero-order valence-electron chi connectivity index (χ0n) is 12.1. The number of anilines is 1. The van der Waals surface area contributed by atoms with Crippen LogP contribution in [0.2, 0.25) is 0 Å². The van der Waals surface area contributed by atoms with E-state index < -0.39 is 0 Å². The van der Waals surface area contributed by atoms with Crippen LogP contribution in [-0.2, 0) is 6.54 Å². The van der Waals surface area contributed by atoms with E-state index in [9.17, 15) is 4.79 Å². The summed E-state index contributed by atoms with van der Waals surface area (Å²) >= 11 is 1.55. The second-order valence-corrected chi connectivity index (χ2v) is 5.60. The van der Waals surface area contributed by atoms with Gasteiger partial charge in [0.25, 0.3) is 5.56 Å². The third-order valence-corrected chi connectivity index (χ3v) is 3.87. The Bertz CT molecular complexity index is 603. The summed E-state index contributed by atoms with van der Waals surface area (Å²) in [5.41, 5.74) is 1.49. The molecule has 0 atom stereocenters. The Morgan fingerprint density at radius 2 is 2.20 bits per heavy atom. The molecule has 0 saturated carbocycles. The molecule has 1 N–H and O–H groups in total. The number of hydrogen-bond acceptors (Lipinski definition) is 4. The topological polar surface area (TPSA) is 46.9 Å². The van der Waals surface area contributed by atoms with Gasteiger partial charge >= 0.3 is 0 Å². The predicted molar refractivity (Wildman–Crippen MR) is 85.5 cm³/mol. The van der Waals surface area contributed by atoms with Crippen LogP contribution in [-0.4, -0.2) is 16.1 Å². The zero-order chi connectivity index (χ0) is 14.4. The molecule has 0 aliphatic heterocycles. The normalized spacial score (nSPS) is 10.7. The molecule has 0 aliphatic carbocycles. The number of nitrogens with one attached hydrogen (secondary N) is 1. The average molecular weight is 291 g/mol. The summed E-state index contributed by atoms with van der Waals surface area (Å²) in [6, 6.07) is 3.76. The van der Waals surface area contributed by atoms with Gasteiger partial charge in [-0.1, -0.05) is 20.3 Å². The molecule has 0 amide bonds. The van der Waals surface area contributed by atoms with Gasteiger partial charge in [0.15, 0.2) is 5.13 Å². The highest BCUT2D eigenvalue weighted by molar-refractivity contribution is 7.14. The molecule has 2 heterocycles. The minimum absolute atomic E-state index is 0.0414. The fraction of sp³-hybridized carbons (Fsp3) is 0.467. The second kappa shape index (κ2) is 7.24. The first-order valence-electron chi connectivity index (χ1n) is 7.15. The fourth-order valence-electron chi connectivity index (χ4n) is 2.00. The molecule has 2 aromatic rings. The van der Waals surface area contributed by atoms with E-state index in [0.717, 1.165) is 43.2 Å². The smallest absolute Gasteiger partial charge is 0.260 e. The van der Waals surface area contributed by atoms with Gasteiger partial charge in [-0.2, -0.15) is 0 Å². The molecule has 0 saturated heterocycles. The van der Waals surface area contributed by atoms with Crippen LogP contribution in [0.15, 0.2) is 28.5 Å². The Morgan fingerprint density at radius 1 is 1.35 bits per heavy atom. The van der Waals surface area contributed by atoms with Gasteiger partial charge in [-0.15, -0.1) is 11.3 Å². The maximum absolute atomic E-state index is 12.3. The van der Waals surface area contributed by atoms with Crippen molar-refractivity contribution in [2.75, 3.05) is 11.9 Å². The van der Waals surface area contributed by atoms with Crippen molar-refractivity contribution >= 4 is 16.5 Å². The molecular formula is C15H21N3OS. The van der Waals surface area contributed by atoms with Gasteiger partial charge in [0.05, 0.1) is 11.3 Å². The van der Waals surface area contributed by atoms with Gasteiger partial charge in [0.2, 0.25) is 0 Å². The average Bonchev–Trinajstić information content (AvgIpc) is 2.90. The molecule has 2 aromatic heterocycles. The van der Waals surface area contributed by atoms with E-state index in [1.807, 2.05) is 23.7 Å². The second-order valence-electron chi connectivity index (χ2n) is 4.74. The van der Waals surface area contributed by atoms with E-state index in [2.05, 4.69) is 24.1 Å². The number of thiazole rings is 1. The standard InChI is InChI=1S/C15H21N3OS/c1-3-5-8-16-15-17-13(11-20-15)12-7-6-10-18(9-4-2)14(12)19/h6-7,10-11H,3-5,8-9H2,1-2H3,(H,16,17). The van der Waals surface area contributed by atoms with Gasteiger partial charge in [-0.3, -0.25) is 4.79 Å². The minimum atomic E-state index is 0.0414. The van der Waals surface area contributed by atoms with Gasteiger partial charge in [0, 0.05) is 24.7 Å². The molecule has 0 spiro atoms. The molecule has 0 bridgehead atoms. The van der Waals surface area contributed by atoms with E-state index in [4.69, 9.17) is 0 Å². The van der Waals surface area contributed by atoms with Crippen LogP contribution in [0.1, 0.15) is 33.1 Å². The molecule has 108 valence electrons. The summed E-state index contributed by atoms with van der Waals surface area (Å²) < 4.78 is 1.75. The van der Waals surface area contributed by atoms with Gasteiger partial charge in [0.1, 0.15) is 0 Å². The van der Waals surface area contributed by atoms with Crippen LogP contribution in [0.3, 0.4) is 0 Å².